The highest BCUT2D eigenvalue weighted by Gasteiger charge is 2.27. The van der Waals surface area contributed by atoms with Crippen molar-refractivity contribution in [3.8, 4) is 0 Å². The van der Waals surface area contributed by atoms with E-state index in [1.807, 2.05) is 26.0 Å². The highest BCUT2D eigenvalue weighted by Crippen LogP contribution is 2.26. The number of rotatable bonds is 7. The van der Waals surface area contributed by atoms with Crippen LogP contribution in [-0.2, 0) is 22.6 Å². The highest BCUT2D eigenvalue weighted by molar-refractivity contribution is 6.36. The molecule has 2 rings (SSSR count). The number of nitrogens with one attached hydrogen (secondary N) is 1. The summed E-state index contributed by atoms with van der Waals surface area (Å²) in [5.41, 5.74) is 1.37. The third-order valence-corrected chi connectivity index (χ3v) is 5.17. The van der Waals surface area contributed by atoms with E-state index in [-0.39, 0.29) is 30.8 Å². The third-order valence-electron chi connectivity index (χ3n) is 4.23. The molecule has 2 aromatic carbocycles. The zero-order valence-electron chi connectivity index (χ0n) is 16.0. The molecular formula is C21H23Cl3N2O2. The number of carbonyl (C=O) groups is 2. The molecule has 0 aliphatic carbocycles. The molecule has 0 fully saturated rings. The van der Waals surface area contributed by atoms with Crippen LogP contribution in [0, 0.1) is 0 Å². The minimum Gasteiger partial charge on any atom is -0.352 e. The lowest BCUT2D eigenvalue weighted by Gasteiger charge is -2.29. The number of benzene rings is 2. The number of hydrogen-bond donors (Lipinski definition) is 1. The minimum atomic E-state index is -0.671. The van der Waals surface area contributed by atoms with Gasteiger partial charge in [0.25, 0.3) is 0 Å². The minimum absolute atomic E-state index is 0.00162. The number of carbonyl (C=O) groups excluding carboxylic acids is 2. The molecule has 2 aromatic rings. The molecule has 0 aromatic heterocycles. The van der Waals surface area contributed by atoms with Crippen molar-refractivity contribution in [1.82, 2.24) is 10.2 Å². The second-order valence-corrected chi connectivity index (χ2v) is 8.12. The standard InChI is InChI=1S/C21H23Cl3N2O2/c1-13(2)25-21(28)14(3)26(12-15-6-4-7-16(22)10-15)20(27)11-17-18(23)8-5-9-19(17)24/h4-10,13-14H,11-12H2,1-3H3,(H,25,28)/t14-/m0/s1. The molecule has 0 unspecified atom stereocenters. The van der Waals surface area contributed by atoms with Crippen molar-refractivity contribution in [2.45, 2.75) is 45.8 Å². The molecule has 0 radical (unpaired) electrons. The Morgan fingerprint density at radius 3 is 2.18 bits per heavy atom. The van der Waals surface area contributed by atoms with E-state index in [4.69, 9.17) is 34.8 Å². The van der Waals surface area contributed by atoms with Crippen molar-refractivity contribution in [3.05, 3.63) is 68.7 Å². The van der Waals surface area contributed by atoms with Crippen LogP contribution in [0.1, 0.15) is 31.9 Å². The summed E-state index contributed by atoms with van der Waals surface area (Å²) in [5, 5.41) is 4.26. The largest absolute Gasteiger partial charge is 0.352 e. The Hall–Kier alpha value is -1.75. The van der Waals surface area contributed by atoms with E-state index in [9.17, 15) is 9.59 Å². The number of halogens is 3. The Kier molecular flexibility index (Phi) is 8.17. The molecule has 0 aliphatic heterocycles. The summed E-state index contributed by atoms with van der Waals surface area (Å²) in [6.45, 7) is 5.69. The summed E-state index contributed by atoms with van der Waals surface area (Å²) < 4.78 is 0. The molecule has 1 atom stereocenters. The molecule has 4 nitrogen and oxygen atoms in total. The van der Waals surface area contributed by atoms with E-state index >= 15 is 0 Å². The van der Waals surface area contributed by atoms with Crippen LogP contribution in [0.2, 0.25) is 15.1 Å². The fourth-order valence-electron chi connectivity index (χ4n) is 2.77. The summed E-state index contributed by atoms with van der Waals surface area (Å²) in [6, 6.07) is 11.6. The normalized spacial score (nSPS) is 12.0. The summed E-state index contributed by atoms with van der Waals surface area (Å²) in [5.74, 6) is -0.475. The second kappa shape index (κ2) is 10.1. The van der Waals surface area contributed by atoms with Gasteiger partial charge in [-0.25, -0.2) is 0 Å². The SMILES string of the molecule is CC(C)NC(=O)[C@H](C)N(Cc1cccc(Cl)c1)C(=O)Cc1c(Cl)cccc1Cl. The van der Waals surface area contributed by atoms with Gasteiger partial charge in [0.05, 0.1) is 6.42 Å². The van der Waals surface area contributed by atoms with Crippen LogP contribution in [0.25, 0.3) is 0 Å². The summed E-state index contributed by atoms with van der Waals surface area (Å²) >= 11 is 18.5. The summed E-state index contributed by atoms with van der Waals surface area (Å²) in [6.07, 6.45) is -0.00162. The topological polar surface area (TPSA) is 49.4 Å². The predicted octanol–water partition coefficient (Wildman–Crippen LogP) is 5.13. The van der Waals surface area contributed by atoms with E-state index in [1.54, 1.807) is 37.3 Å². The van der Waals surface area contributed by atoms with Crippen LogP contribution in [-0.4, -0.2) is 28.8 Å². The van der Waals surface area contributed by atoms with Crippen LogP contribution in [0.15, 0.2) is 42.5 Å². The molecular weight excluding hydrogens is 419 g/mol. The Morgan fingerprint density at radius 1 is 1.00 bits per heavy atom. The highest BCUT2D eigenvalue weighted by atomic mass is 35.5. The number of hydrogen-bond acceptors (Lipinski definition) is 2. The van der Waals surface area contributed by atoms with Crippen molar-refractivity contribution in [2.24, 2.45) is 0 Å². The van der Waals surface area contributed by atoms with Crippen molar-refractivity contribution < 1.29 is 9.59 Å². The van der Waals surface area contributed by atoms with E-state index < -0.39 is 6.04 Å². The predicted molar refractivity (Wildman–Crippen MR) is 115 cm³/mol. The third kappa shape index (κ3) is 6.13. The first-order valence-electron chi connectivity index (χ1n) is 8.96. The Morgan fingerprint density at radius 2 is 1.61 bits per heavy atom. The molecule has 28 heavy (non-hydrogen) atoms. The molecule has 0 spiro atoms. The molecule has 0 bridgehead atoms. The van der Waals surface area contributed by atoms with Crippen LogP contribution < -0.4 is 5.32 Å². The van der Waals surface area contributed by atoms with E-state index in [1.165, 1.54) is 4.90 Å². The second-order valence-electron chi connectivity index (χ2n) is 6.87. The molecule has 0 aliphatic rings. The first-order chi connectivity index (χ1) is 13.2. The fourth-order valence-corrected chi connectivity index (χ4v) is 3.52. The average Bonchev–Trinajstić information content (AvgIpc) is 2.61. The zero-order chi connectivity index (χ0) is 20.8. The first-order valence-corrected chi connectivity index (χ1v) is 10.1. The van der Waals surface area contributed by atoms with Crippen LogP contribution in [0.4, 0.5) is 0 Å². The van der Waals surface area contributed by atoms with Gasteiger partial charge in [0.2, 0.25) is 11.8 Å². The monoisotopic (exact) mass is 440 g/mol. The summed E-state index contributed by atoms with van der Waals surface area (Å²) in [4.78, 5) is 27.2. The van der Waals surface area contributed by atoms with Gasteiger partial charge >= 0.3 is 0 Å². The molecule has 0 saturated heterocycles. The maximum Gasteiger partial charge on any atom is 0.242 e. The Labute approximate surface area is 180 Å². The van der Waals surface area contributed by atoms with Gasteiger partial charge in [-0.1, -0.05) is 53.0 Å². The molecule has 7 heteroatoms. The average molecular weight is 442 g/mol. The van der Waals surface area contributed by atoms with E-state index in [2.05, 4.69) is 5.32 Å². The van der Waals surface area contributed by atoms with Crippen molar-refractivity contribution in [1.29, 1.82) is 0 Å². The van der Waals surface area contributed by atoms with Gasteiger partial charge in [0.15, 0.2) is 0 Å². The van der Waals surface area contributed by atoms with E-state index in [0.717, 1.165) is 5.56 Å². The van der Waals surface area contributed by atoms with Gasteiger partial charge in [-0.3, -0.25) is 9.59 Å². The van der Waals surface area contributed by atoms with Gasteiger partial charge in [-0.05, 0) is 56.2 Å². The van der Waals surface area contributed by atoms with Gasteiger partial charge in [0, 0.05) is 27.7 Å². The quantitative estimate of drug-likeness (QED) is 0.647. The Bertz CT molecular complexity index is 835. The molecule has 2 amide bonds. The molecule has 150 valence electrons. The fraction of sp³-hybridized carbons (Fsp3) is 0.333. The van der Waals surface area contributed by atoms with Crippen LogP contribution in [0.3, 0.4) is 0 Å². The molecule has 1 N–H and O–H groups in total. The van der Waals surface area contributed by atoms with Gasteiger partial charge in [0.1, 0.15) is 6.04 Å². The molecule has 0 saturated carbocycles. The van der Waals surface area contributed by atoms with Crippen molar-refractivity contribution >= 4 is 46.6 Å². The lowest BCUT2D eigenvalue weighted by Crippen LogP contribution is -2.49. The van der Waals surface area contributed by atoms with Crippen LogP contribution in [0.5, 0.6) is 0 Å². The van der Waals surface area contributed by atoms with E-state index in [0.29, 0.717) is 20.6 Å². The Balaban J connectivity index is 2.30. The smallest absolute Gasteiger partial charge is 0.242 e. The number of nitrogens with zero attached hydrogens (tertiary/aromatic N) is 1. The lowest BCUT2D eigenvalue weighted by atomic mass is 10.1. The van der Waals surface area contributed by atoms with Crippen LogP contribution >= 0.6 is 34.8 Å². The maximum absolute atomic E-state index is 13.1. The zero-order valence-corrected chi connectivity index (χ0v) is 18.3. The maximum atomic E-state index is 13.1. The number of amides is 2. The molecule has 0 heterocycles. The lowest BCUT2D eigenvalue weighted by molar-refractivity contribution is -0.140. The first kappa shape index (κ1) is 22.5. The van der Waals surface area contributed by atoms with Crippen molar-refractivity contribution in [2.75, 3.05) is 0 Å². The van der Waals surface area contributed by atoms with Crippen molar-refractivity contribution in [3.63, 3.8) is 0 Å². The van der Waals surface area contributed by atoms with Gasteiger partial charge in [-0.2, -0.15) is 0 Å². The summed E-state index contributed by atoms with van der Waals surface area (Å²) in [7, 11) is 0. The van der Waals surface area contributed by atoms with Gasteiger partial charge in [-0.15, -0.1) is 0 Å². The van der Waals surface area contributed by atoms with Gasteiger partial charge < -0.3 is 10.2 Å².